The Morgan fingerprint density at radius 3 is 2.30 bits per heavy atom. The standard InChI is InChI=1S/C27H15BrN2/c28-22-11-8-16-6-10-21-26-17(7-9-19(22)25(16)26)14-23-27(21)20-12-13-29-15-24(20)30(23)18-4-2-1-3-5-18/h1-15H. The van der Waals surface area contributed by atoms with E-state index in [1.54, 1.807) is 0 Å². The Balaban J connectivity index is 1.80. The molecule has 0 unspecified atom stereocenters. The smallest absolute Gasteiger partial charge is 0.0724 e. The van der Waals surface area contributed by atoms with Crippen LogP contribution < -0.4 is 0 Å². The van der Waals surface area contributed by atoms with Gasteiger partial charge >= 0.3 is 0 Å². The van der Waals surface area contributed by atoms with E-state index in [-0.39, 0.29) is 0 Å². The van der Waals surface area contributed by atoms with Crippen LogP contribution in [-0.4, -0.2) is 9.55 Å². The van der Waals surface area contributed by atoms with Gasteiger partial charge in [0.25, 0.3) is 0 Å². The fraction of sp³-hybridized carbons (Fsp3) is 0. The van der Waals surface area contributed by atoms with Crippen LogP contribution in [0.2, 0.25) is 0 Å². The van der Waals surface area contributed by atoms with Gasteiger partial charge in [-0.1, -0.05) is 64.5 Å². The first-order valence-corrected chi connectivity index (χ1v) is 10.8. The van der Waals surface area contributed by atoms with Gasteiger partial charge in [-0.25, -0.2) is 0 Å². The minimum atomic E-state index is 1.13. The summed E-state index contributed by atoms with van der Waals surface area (Å²) >= 11 is 3.75. The second kappa shape index (κ2) is 5.80. The highest BCUT2D eigenvalue weighted by Gasteiger charge is 2.18. The Hall–Kier alpha value is -3.43. The molecule has 0 saturated heterocycles. The predicted octanol–water partition coefficient (Wildman–Crippen LogP) is 7.84. The molecule has 0 aliphatic heterocycles. The van der Waals surface area contributed by atoms with Crippen LogP contribution in [0.25, 0.3) is 59.8 Å². The molecule has 0 radical (unpaired) electrons. The molecule has 30 heavy (non-hydrogen) atoms. The lowest BCUT2D eigenvalue weighted by molar-refractivity contribution is 1.17. The fourth-order valence-electron chi connectivity index (χ4n) is 5.05. The Kier molecular flexibility index (Phi) is 3.17. The normalized spacial score (nSPS) is 12.2. The first kappa shape index (κ1) is 16.4. The van der Waals surface area contributed by atoms with Gasteiger partial charge in [-0.3, -0.25) is 4.98 Å². The van der Waals surface area contributed by atoms with E-state index in [9.17, 15) is 0 Å². The van der Waals surface area contributed by atoms with E-state index in [4.69, 9.17) is 0 Å². The molecular formula is C27H15BrN2. The highest BCUT2D eigenvalue weighted by Crippen LogP contribution is 2.43. The van der Waals surface area contributed by atoms with Gasteiger partial charge in [0.15, 0.2) is 0 Å². The zero-order valence-electron chi connectivity index (χ0n) is 15.9. The highest BCUT2D eigenvalue weighted by atomic mass is 79.9. The van der Waals surface area contributed by atoms with Crippen LogP contribution in [0.1, 0.15) is 0 Å². The van der Waals surface area contributed by atoms with Crippen LogP contribution in [0.4, 0.5) is 0 Å². The van der Waals surface area contributed by atoms with Crippen LogP contribution in [0.15, 0.2) is 95.7 Å². The van der Waals surface area contributed by atoms with Crippen molar-refractivity contribution in [3.63, 3.8) is 0 Å². The summed E-state index contributed by atoms with van der Waals surface area (Å²) in [6, 6.07) is 28.4. The lowest BCUT2D eigenvalue weighted by Gasteiger charge is -2.14. The summed E-state index contributed by atoms with van der Waals surface area (Å²) in [6.45, 7) is 0. The van der Waals surface area contributed by atoms with Gasteiger partial charge in [0.2, 0.25) is 0 Å². The Labute approximate surface area is 180 Å². The van der Waals surface area contributed by atoms with E-state index in [0.29, 0.717) is 0 Å². The Morgan fingerprint density at radius 2 is 1.40 bits per heavy atom. The average Bonchev–Trinajstić information content (AvgIpc) is 3.13. The maximum Gasteiger partial charge on any atom is 0.0724 e. The van der Waals surface area contributed by atoms with Crippen LogP contribution >= 0.6 is 15.9 Å². The van der Waals surface area contributed by atoms with Gasteiger partial charge < -0.3 is 4.57 Å². The van der Waals surface area contributed by atoms with E-state index >= 15 is 0 Å². The van der Waals surface area contributed by atoms with Crippen LogP contribution in [0.3, 0.4) is 0 Å². The van der Waals surface area contributed by atoms with Crippen molar-refractivity contribution in [1.29, 1.82) is 0 Å². The van der Waals surface area contributed by atoms with Gasteiger partial charge in [0.05, 0.1) is 17.2 Å². The van der Waals surface area contributed by atoms with Crippen molar-refractivity contribution in [3.8, 4) is 5.69 Å². The molecular weight excluding hydrogens is 432 g/mol. The maximum absolute atomic E-state index is 4.45. The topological polar surface area (TPSA) is 17.8 Å². The lowest BCUT2D eigenvalue weighted by atomic mass is 9.92. The molecule has 0 N–H and O–H groups in total. The van der Waals surface area contributed by atoms with Crippen molar-refractivity contribution >= 4 is 70.1 Å². The minimum Gasteiger partial charge on any atom is -0.308 e. The first-order chi connectivity index (χ1) is 14.8. The van der Waals surface area contributed by atoms with Crippen molar-refractivity contribution in [1.82, 2.24) is 9.55 Å². The van der Waals surface area contributed by atoms with E-state index in [1.165, 1.54) is 48.6 Å². The third-order valence-corrected chi connectivity index (χ3v) is 6.97. The number of hydrogen-bond donors (Lipinski definition) is 0. The summed E-state index contributed by atoms with van der Waals surface area (Å²) in [4.78, 5) is 4.45. The number of aromatic nitrogens is 2. The Bertz CT molecular complexity index is 1750. The second-order valence-corrected chi connectivity index (χ2v) is 8.66. The molecule has 0 fully saturated rings. The molecule has 140 valence electrons. The predicted molar refractivity (Wildman–Crippen MR) is 130 cm³/mol. The first-order valence-electron chi connectivity index (χ1n) is 10.0. The molecule has 2 nitrogen and oxygen atoms in total. The molecule has 0 aliphatic carbocycles. The number of hydrogen-bond acceptors (Lipinski definition) is 1. The second-order valence-electron chi connectivity index (χ2n) is 7.80. The summed E-state index contributed by atoms with van der Waals surface area (Å²) in [5, 5.41) is 10.3. The molecule has 0 aliphatic rings. The molecule has 7 rings (SSSR count). The van der Waals surface area contributed by atoms with Gasteiger partial charge in [0.1, 0.15) is 0 Å². The fourth-order valence-corrected chi connectivity index (χ4v) is 5.51. The van der Waals surface area contributed by atoms with E-state index in [1.807, 2.05) is 12.4 Å². The van der Waals surface area contributed by atoms with E-state index < -0.39 is 0 Å². The highest BCUT2D eigenvalue weighted by molar-refractivity contribution is 9.10. The van der Waals surface area contributed by atoms with Crippen molar-refractivity contribution in [2.75, 3.05) is 0 Å². The molecule has 2 heterocycles. The molecule has 0 saturated carbocycles. The van der Waals surface area contributed by atoms with E-state index in [2.05, 4.69) is 104 Å². The molecule has 5 aromatic carbocycles. The minimum absolute atomic E-state index is 1.13. The number of benzene rings is 5. The number of rotatable bonds is 1. The Morgan fingerprint density at radius 1 is 0.633 bits per heavy atom. The SMILES string of the molecule is Brc1ccc2ccc3c4c(ccc1c24)cc1c3c2ccncc2n1-c1ccccc1. The molecule has 0 spiro atoms. The zero-order valence-corrected chi connectivity index (χ0v) is 17.5. The summed E-state index contributed by atoms with van der Waals surface area (Å²) in [7, 11) is 0. The van der Waals surface area contributed by atoms with E-state index in [0.717, 1.165) is 15.7 Å². The summed E-state index contributed by atoms with van der Waals surface area (Å²) < 4.78 is 3.47. The molecule has 0 atom stereocenters. The van der Waals surface area contributed by atoms with Crippen molar-refractivity contribution < 1.29 is 0 Å². The average molecular weight is 447 g/mol. The maximum atomic E-state index is 4.45. The quantitative estimate of drug-likeness (QED) is 0.235. The number of pyridine rings is 1. The molecule has 7 aromatic rings. The van der Waals surface area contributed by atoms with Crippen LogP contribution in [0.5, 0.6) is 0 Å². The van der Waals surface area contributed by atoms with Gasteiger partial charge in [-0.15, -0.1) is 0 Å². The van der Waals surface area contributed by atoms with Gasteiger partial charge in [-0.05, 0) is 62.6 Å². The number of nitrogens with zero attached hydrogens (tertiary/aromatic N) is 2. The van der Waals surface area contributed by atoms with Gasteiger partial charge in [0, 0.05) is 27.1 Å². The third kappa shape index (κ3) is 2.00. The van der Waals surface area contributed by atoms with Crippen LogP contribution in [0, 0.1) is 0 Å². The number of para-hydroxylation sites is 1. The van der Waals surface area contributed by atoms with Crippen molar-refractivity contribution in [2.45, 2.75) is 0 Å². The third-order valence-electron chi connectivity index (χ3n) is 6.27. The summed E-state index contributed by atoms with van der Waals surface area (Å²) in [6.07, 6.45) is 3.87. The van der Waals surface area contributed by atoms with Crippen LogP contribution in [-0.2, 0) is 0 Å². The molecule has 0 amide bonds. The largest absolute Gasteiger partial charge is 0.308 e. The molecule has 2 aromatic heterocycles. The van der Waals surface area contributed by atoms with Gasteiger partial charge in [-0.2, -0.15) is 0 Å². The molecule has 0 bridgehead atoms. The molecule has 3 heteroatoms. The van der Waals surface area contributed by atoms with Crippen molar-refractivity contribution in [2.24, 2.45) is 0 Å². The monoisotopic (exact) mass is 446 g/mol. The van der Waals surface area contributed by atoms with Crippen molar-refractivity contribution in [3.05, 3.63) is 95.7 Å². The number of halogens is 1. The summed E-state index contributed by atoms with van der Waals surface area (Å²) in [5.41, 5.74) is 3.50. The summed E-state index contributed by atoms with van der Waals surface area (Å²) in [5.74, 6) is 0. The number of fused-ring (bicyclic) bond motifs is 4. The zero-order chi connectivity index (χ0) is 19.8. The lowest BCUT2D eigenvalue weighted by Crippen LogP contribution is -1.94.